The van der Waals surface area contributed by atoms with Gasteiger partial charge in [0.25, 0.3) is 0 Å². The van der Waals surface area contributed by atoms with Crippen molar-refractivity contribution >= 4 is 5.91 Å². The lowest BCUT2D eigenvalue weighted by Crippen LogP contribution is -2.42. The molecule has 0 aliphatic heterocycles. The van der Waals surface area contributed by atoms with Gasteiger partial charge in [-0.25, -0.2) is 0 Å². The summed E-state index contributed by atoms with van der Waals surface area (Å²) >= 11 is 0. The molecule has 0 unspecified atom stereocenters. The lowest BCUT2D eigenvalue weighted by Gasteiger charge is -2.22. The number of carbonyl (C=O) groups is 1. The SMILES string of the molecule is CCCCCNC(=O)CC1(N)CCCC1. The van der Waals surface area contributed by atoms with Gasteiger partial charge in [-0.15, -0.1) is 0 Å². The van der Waals surface area contributed by atoms with E-state index >= 15 is 0 Å². The van der Waals surface area contributed by atoms with Crippen LogP contribution in [0.3, 0.4) is 0 Å². The summed E-state index contributed by atoms with van der Waals surface area (Å²) in [5.41, 5.74) is 5.93. The van der Waals surface area contributed by atoms with Gasteiger partial charge in [0, 0.05) is 18.5 Å². The van der Waals surface area contributed by atoms with Gasteiger partial charge in [0.05, 0.1) is 0 Å². The second-order valence-corrected chi connectivity index (χ2v) is 4.80. The Kier molecular flexibility index (Phi) is 5.09. The summed E-state index contributed by atoms with van der Waals surface area (Å²) in [6, 6.07) is 0. The number of nitrogens with one attached hydrogen (secondary N) is 1. The lowest BCUT2D eigenvalue weighted by atomic mass is 9.94. The second kappa shape index (κ2) is 6.11. The van der Waals surface area contributed by atoms with Gasteiger partial charge in [-0.3, -0.25) is 4.79 Å². The minimum Gasteiger partial charge on any atom is -0.356 e. The Morgan fingerprint density at radius 2 is 2.00 bits per heavy atom. The zero-order valence-electron chi connectivity index (χ0n) is 9.85. The summed E-state index contributed by atoms with van der Waals surface area (Å²) in [6.07, 6.45) is 8.35. The van der Waals surface area contributed by atoms with Crippen molar-refractivity contribution in [1.29, 1.82) is 0 Å². The van der Waals surface area contributed by atoms with Gasteiger partial charge in [-0.1, -0.05) is 32.6 Å². The number of rotatable bonds is 6. The largest absolute Gasteiger partial charge is 0.356 e. The molecule has 1 aliphatic rings. The van der Waals surface area contributed by atoms with Crippen molar-refractivity contribution in [2.24, 2.45) is 5.73 Å². The summed E-state index contributed by atoms with van der Waals surface area (Å²) < 4.78 is 0. The minimum absolute atomic E-state index is 0.135. The molecule has 1 saturated carbocycles. The van der Waals surface area contributed by atoms with E-state index in [1.807, 2.05) is 0 Å². The van der Waals surface area contributed by atoms with Crippen LogP contribution in [0.15, 0.2) is 0 Å². The maximum Gasteiger partial charge on any atom is 0.221 e. The van der Waals surface area contributed by atoms with Crippen LogP contribution in [0, 0.1) is 0 Å². The highest BCUT2D eigenvalue weighted by atomic mass is 16.1. The predicted molar refractivity (Wildman–Crippen MR) is 62.5 cm³/mol. The number of hydrogen-bond donors (Lipinski definition) is 2. The first-order valence-electron chi connectivity index (χ1n) is 6.22. The summed E-state index contributed by atoms with van der Waals surface area (Å²) in [5.74, 6) is 0.135. The molecule has 0 aromatic rings. The van der Waals surface area contributed by atoms with Gasteiger partial charge in [0.2, 0.25) is 5.91 Å². The molecule has 0 bridgehead atoms. The first-order chi connectivity index (χ1) is 7.16. The third-order valence-corrected chi connectivity index (χ3v) is 3.21. The predicted octanol–water partition coefficient (Wildman–Crippen LogP) is 1.95. The zero-order chi connectivity index (χ0) is 11.1. The monoisotopic (exact) mass is 212 g/mol. The van der Waals surface area contributed by atoms with E-state index in [0.29, 0.717) is 6.42 Å². The van der Waals surface area contributed by atoms with Crippen LogP contribution in [-0.4, -0.2) is 18.0 Å². The van der Waals surface area contributed by atoms with Crippen molar-refractivity contribution in [3.05, 3.63) is 0 Å². The van der Waals surface area contributed by atoms with E-state index in [1.165, 1.54) is 25.7 Å². The molecule has 3 heteroatoms. The van der Waals surface area contributed by atoms with Crippen molar-refractivity contribution in [3.63, 3.8) is 0 Å². The normalized spacial score (nSPS) is 19.1. The van der Waals surface area contributed by atoms with E-state index < -0.39 is 0 Å². The van der Waals surface area contributed by atoms with Crippen LogP contribution >= 0.6 is 0 Å². The standard InChI is InChI=1S/C12H24N2O/c1-2-3-6-9-14-11(15)10-12(13)7-4-5-8-12/h2-10,13H2,1H3,(H,14,15). The second-order valence-electron chi connectivity index (χ2n) is 4.80. The molecule has 0 aromatic heterocycles. The van der Waals surface area contributed by atoms with E-state index in [1.54, 1.807) is 0 Å². The molecule has 1 amide bonds. The number of amides is 1. The molecule has 1 aliphatic carbocycles. The number of unbranched alkanes of at least 4 members (excludes halogenated alkanes) is 2. The van der Waals surface area contributed by atoms with Crippen molar-refractivity contribution in [1.82, 2.24) is 5.32 Å². The fourth-order valence-corrected chi connectivity index (χ4v) is 2.24. The van der Waals surface area contributed by atoms with Crippen LogP contribution in [0.5, 0.6) is 0 Å². The van der Waals surface area contributed by atoms with Crippen LogP contribution in [0.2, 0.25) is 0 Å². The molecule has 3 nitrogen and oxygen atoms in total. The molecular weight excluding hydrogens is 188 g/mol. The molecular formula is C12H24N2O. The highest BCUT2D eigenvalue weighted by Crippen LogP contribution is 2.29. The maximum absolute atomic E-state index is 11.6. The average molecular weight is 212 g/mol. The molecule has 0 radical (unpaired) electrons. The molecule has 0 atom stereocenters. The molecule has 0 aromatic carbocycles. The molecule has 0 heterocycles. The Bertz CT molecular complexity index is 198. The summed E-state index contributed by atoms with van der Waals surface area (Å²) in [7, 11) is 0. The van der Waals surface area contributed by atoms with Crippen LogP contribution in [0.25, 0.3) is 0 Å². The van der Waals surface area contributed by atoms with Gasteiger partial charge in [-0.05, 0) is 19.3 Å². The first kappa shape index (κ1) is 12.5. The smallest absolute Gasteiger partial charge is 0.221 e. The minimum atomic E-state index is -0.200. The average Bonchev–Trinajstić information content (AvgIpc) is 2.59. The zero-order valence-corrected chi connectivity index (χ0v) is 9.85. The Balaban J connectivity index is 2.12. The Hall–Kier alpha value is -0.570. The van der Waals surface area contributed by atoms with E-state index in [9.17, 15) is 4.79 Å². The van der Waals surface area contributed by atoms with Gasteiger partial charge in [-0.2, -0.15) is 0 Å². The Morgan fingerprint density at radius 3 is 2.60 bits per heavy atom. The van der Waals surface area contributed by atoms with Crippen molar-refractivity contribution < 1.29 is 4.79 Å². The molecule has 1 rings (SSSR count). The summed E-state index contributed by atoms with van der Waals surface area (Å²) in [4.78, 5) is 11.6. The lowest BCUT2D eigenvalue weighted by molar-refractivity contribution is -0.122. The fourth-order valence-electron chi connectivity index (χ4n) is 2.24. The number of hydrogen-bond acceptors (Lipinski definition) is 2. The van der Waals surface area contributed by atoms with Crippen molar-refractivity contribution in [2.45, 2.75) is 63.8 Å². The van der Waals surface area contributed by atoms with Crippen LogP contribution < -0.4 is 11.1 Å². The van der Waals surface area contributed by atoms with Crippen LogP contribution in [0.4, 0.5) is 0 Å². The molecule has 15 heavy (non-hydrogen) atoms. The van der Waals surface area contributed by atoms with Gasteiger partial charge in [0.1, 0.15) is 0 Å². The molecule has 3 N–H and O–H groups in total. The van der Waals surface area contributed by atoms with Gasteiger partial charge >= 0.3 is 0 Å². The summed E-state index contributed by atoms with van der Waals surface area (Å²) in [5, 5.41) is 2.95. The van der Waals surface area contributed by atoms with Crippen LogP contribution in [0.1, 0.15) is 58.3 Å². The van der Waals surface area contributed by atoms with E-state index in [2.05, 4.69) is 12.2 Å². The molecule has 88 valence electrons. The first-order valence-corrected chi connectivity index (χ1v) is 6.22. The highest BCUT2D eigenvalue weighted by Gasteiger charge is 2.31. The fraction of sp³-hybridized carbons (Fsp3) is 0.917. The quantitative estimate of drug-likeness (QED) is 0.661. The highest BCUT2D eigenvalue weighted by molar-refractivity contribution is 5.77. The van der Waals surface area contributed by atoms with Crippen molar-refractivity contribution in [3.8, 4) is 0 Å². The van der Waals surface area contributed by atoms with E-state index in [4.69, 9.17) is 5.73 Å². The molecule has 0 spiro atoms. The third kappa shape index (κ3) is 4.65. The van der Waals surface area contributed by atoms with Crippen LogP contribution in [-0.2, 0) is 4.79 Å². The van der Waals surface area contributed by atoms with Crippen molar-refractivity contribution in [2.75, 3.05) is 6.54 Å². The Morgan fingerprint density at radius 1 is 1.33 bits per heavy atom. The third-order valence-electron chi connectivity index (χ3n) is 3.21. The Labute approximate surface area is 92.8 Å². The number of carbonyl (C=O) groups excluding carboxylic acids is 1. The topological polar surface area (TPSA) is 55.1 Å². The van der Waals surface area contributed by atoms with Gasteiger partial charge < -0.3 is 11.1 Å². The molecule has 1 fully saturated rings. The number of nitrogens with two attached hydrogens (primary N) is 1. The van der Waals surface area contributed by atoms with Gasteiger partial charge in [0.15, 0.2) is 0 Å². The molecule has 0 saturated heterocycles. The van der Waals surface area contributed by atoms with E-state index in [-0.39, 0.29) is 11.4 Å². The summed E-state index contributed by atoms with van der Waals surface area (Å²) in [6.45, 7) is 2.97. The van der Waals surface area contributed by atoms with E-state index in [0.717, 1.165) is 25.8 Å². The maximum atomic E-state index is 11.6.